The Morgan fingerprint density at radius 3 is 2.44 bits per heavy atom. The molecule has 8 heteroatoms. The molecule has 0 N–H and O–H groups in total. The summed E-state index contributed by atoms with van der Waals surface area (Å²) in [4.78, 5) is 27.3. The van der Waals surface area contributed by atoms with Crippen LogP contribution in [0.15, 0.2) is 65.2 Å². The van der Waals surface area contributed by atoms with E-state index < -0.39 is 22.6 Å². The summed E-state index contributed by atoms with van der Waals surface area (Å²) in [5, 5.41) is 0. The van der Waals surface area contributed by atoms with Gasteiger partial charge in [0.05, 0.1) is 10.5 Å². The summed E-state index contributed by atoms with van der Waals surface area (Å²) in [5.41, 5.74) is 2.73. The Morgan fingerprint density at radius 1 is 1.03 bits per heavy atom. The number of ketones is 1. The third-order valence-corrected chi connectivity index (χ3v) is 8.50. The summed E-state index contributed by atoms with van der Waals surface area (Å²) in [6.07, 6.45) is 4.19. The molecule has 2 aromatic rings. The molecule has 0 bridgehead atoms. The van der Waals surface area contributed by atoms with Gasteiger partial charge in [0, 0.05) is 43.0 Å². The summed E-state index contributed by atoms with van der Waals surface area (Å²) >= 11 is 0. The molecule has 7 nitrogen and oxygen atoms in total. The maximum atomic E-state index is 12.9. The molecule has 4 rings (SSSR count). The van der Waals surface area contributed by atoms with E-state index in [0.717, 1.165) is 36.2 Å². The van der Waals surface area contributed by atoms with Crippen LogP contribution in [0.1, 0.15) is 49.0 Å². The third-order valence-electron chi connectivity index (χ3n) is 6.61. The van der Waals surface area contributed by atoms with E-state index in [9.17, 15) is 18.0 Å². The Kier molecular flexibility index (Phi) is 6.64. The van der Waals surface area contributed by atoms with Crippen LogP contribution in [-0.4, -0.2) is 51.2 Å². The number of piperidine rings is 1. The van der Waals surface area contributed by atoms with Gasteiger partial charge in [0.2, 0.25) is 10.0 Å². The van der Waals surface area contributed by atoms with Crippen LogP contribution in [0.3, 0.4) is 0 Å². The largest absolute Gasteiger partial charge is 0.454 e. The Labute approximate surface area is 201 Å². The first kappa shape index (κ1) is 24.2. The molecule has 0 atom stereocenters. The monoisotopic (exact) mass is 482 g/mol. The lowest BCUT2D eigenvalue weighted by Crippen LogP contribution is -2.35. The van der Waals surface area contributed by atoms with E-state index in [1.807, 2.05) is 36.2 Å². The SMILES string of the molecule is CN1C(=CC(=O)COC(=O)c2cccc(S(=O)(=O)N3CCCCC3)c2)C(C)(C)c2ccccc21. The lowest BCUT2D eigenvalue weighted by molar-refractivity contribution is -0.117. The summed E-state index contributed by atoms with van der Waals surface area (Å²) in [6.45, 7) is 4.64. The van der Waals surface area contributed by atoms with Gasteiger partial charge in [-0.25, -0.2) is 13.2 Å². The van der Waals surface area contributed by atoms with Gasteiger partial charge in [-0.2, -0.15) is 4.31 Å². The van der Waals surface area contributed by atoms with Crippen molar-refractivity contribution in [1.82, 2.24) is 4.31 Å². The number of hydrogen-bond donors (Lipinski definition) is 0. The minimum atomic E-state index is -3.67. The molecule has 1 saturated heterocycles. The van der Waals surface area contributed by atoms with Gasteiger partial charge in [-0.3, -0.25) is 4.79 Å². The fraction of sp³-hybridized carbons (Fsp3) is 0.385. The molecule has 2 aliphatic heterocycles. The van der Waals surface area contributed by atoms with Gasteiger partial charge in [-0.05, 0) is 42.7 Å². The van der Waals surface area contributed by atoms with Crippen LogP contribution in [0.25, 0.3) is 0 Å². The smallest absolute Gasteiger partial charge is 0.338 e. The zero-order chi connectivity index (χ0) is 24.5. The number of sulfonamides is 1. The second-order valence-corrected chi connectivity index (χ2v) is 11.2. The standard InChI is InChI=1S/C26H30N2O5S/c1-26(2)22-12-5-6-13-23(22)27(3)24(26)17-20(29)18-33-25(30)19-10-9-11-21(16-19)34(31,32)28-14-7-4-8-15-28/h5-6,9-13,16-17H,4,7-8,14-15,18H2,1-3H3. The molecule has 0 amide bonds. The highest BCUT2D eigenvalue weighted by Crippen LogP contribution is 2.46. The minimum Gasteiger partial charge on any atom is -0.454 e. The van der Waals surface area contributed by atoms with Gasteiger partial charge in [-0.15, -0.1) is 0 Å². The predicted octanol–water partition coefficient (Wildman–Crippen LogP) is 3.90. The first-order valence-corrected chi connectivity index (χ1v) is 12.9. The van der Waals surface area contributed by atoms with E-state index in [0.29, 0.717) is 13.1 Å². The molecule has 180 valence electrons. The number of anilines is 1. The number of hydrogen-bond acceptors (Lipinski definition) is 6. The average molecular weight is 483 g/mol. The normalized spacial score (nSPS) is 19.1. The molecule has 2 aliphatic rings. The first-order valence-electron chi connectivity index (χ1n) is 11.5. The van der Waals surface area contributed by atoms with Crippen LogP contribution < -0.4 is 4.90 Å². The quantitative estimate of drug-likeness (QED) is 0.459. The predicted molar refractivity (Wildman–Crippen MR) is 130 cm³/mol. The highest BCUT2D eigenvalue weighted by molar-refractivity contribution is 7.89. The van der Waals surface area contributed by atoms with E-state index in [1.54, 1.807) is 0 Å². The lowest BCUT2D eigenvalue weighted by atomic mass is 9.83. The molecule has 1 fully saturated rings. The van der Waals surface area contributed by atoms with Crippen molar-refractivity contribution in [3.05, 3.63) is 71.4 Å². The number of rotatable bonds is 6. The summed E-state index contributed by atoms with van der Waals surface area (Å²) in [6, 6.07) is 13.8. The summed E-state index contributed by atoms with van der Waals surface area (Å²) < 4.78 is 32.5. The van der Waals surface area contributed by atoms with Crippen molar-refractivity contribution in [2.75, 3.05) is 31.6 Å². The van der Waals surface area contributed by atoms with Gasteiger partial charge in [-0.1, -0.05) is 44.5 Å². The summed E-state index contributed by atoms with van der Waals surface area (Å²) in [7, 11) is -1.76. The van der Waals surface area contributed by atoms with Crippen molar-refractivity contribution >= 4 is 27.5 Å². The molecule has 2 heterocycles. The van der Waals surface area contributed by atoms with Crippen LogP contribution >= 0.6 is 0 Å². The summed E-state index contributed by atoms with van der Waals surface area (Å²) in [5.74, 6) is -1.07. The number of allylic oxidation sites excluding steroid dienone is 1. The molecule has 0 radical (unpaired) electrons. The third kappa shape index (κ3) is 4.52. The first-order chi connectivity index (χ1) is 16.1. The number of carbonyl (C=O) groups excluding carboxylic acids is 2. The van der Waals surface area contributed by atoms with Crippen molar-refractivity contribution < 1.29 is 22.7 Å². The van der Waals surface area contributed by atoms with Crippen molar-refractivity contribution in [3.63, 3.8) is 0 Å². The second-order valence-electron chi connectivity index (χ2n) is 9.27. The topological polar surface area (TPSA) is 84.0 Å². The molecule has 0 spiro atoms. The molecule has 0 unspecified atom stereocenters. The van der Waals surface area contributed by atoms with Gasteiger partial charge < -0.3 is 9.64 Å². The van der Waals surface area contributed by atoms with Crippen LogP contribution in [-0.2, 0) is 25.0 Å². The fourth-order valence-electron chi connectivity index (χ4n) is 4.71. The Balaban J connectivity index is 1.44. The maximum absolute atomic E-state index is 12.9. The number of para-hydroxylation sites is 1. The molecule has 0 saturated carbocycles. The number of ether oxygens (including phenoxy) is 1. The van der Waals surface area contributed by atoms with Crippen LogP contribution in [0.2, 0.25) is 0 Å². The average Bonchev–Trinajstić information content (AvgIpc) is 3.04. The molecular formula is C26H30N2O5S. The number of fused-ring (bicyclic) bond motifs is 1. The highest BCUT2D eigenvalue weighted by Gasteiger charge is 2.38. The van der Waals surface area contributed by atoms with Crippen molar-refractivity contribution in [2.45, 2.75) is 43.4 Å². The number of likely N-dealkylation sites (N-methyl/N-ethyl adjacent to an activating group) is 1. The van der Waals surface area contributed by atoms with E-state index in [1.165, 1.54) is 34.6 Å². The van der Waals surface area contributed by atoms with Gasteiger partial charge in [0.15, 0.2) is 12.4 Å². The number of benzene rings is 2. The van der Waals surface area contributed by atoms with Crippen molar-refractivity contribution in [3.8, 4) is 0 Å². The van der Waals surface area contributed by atoms with E-state index in [4.69, 9.17) is 4.74 Å². The van der Waals surface area contributed by atoms with Crippen LogP contribution in [0.5, 0.6) is 0 Å². The molecule has 0 aliphatic carbocycles. The molecule has 0 aromatic heterocycles. The fourth-order valence-corrected chi connectivity index (χ4v) is 6.27. The minimum absolute atomic E-state index is 0.0596. The van der Waals surface area contributed by atoms with E-state index in [2.05, 4.69) is 13.8 Å². The van der Waals surface area contributed by atoms with Gasteiger partial charge >= 0.3 is 5.97 Å². The van der Waals surface area contributed by atoms with Gasteiger partial charge in [0.1, 0.15) is 0 Å². The Bertz CT molecular complexity index is 1240. The number of carbonyl (C=O) groups is 2. The highest BCUT2D eigenvalue weighted by atomic mass is 32.2. The van der Waals surface area contributed by atoms with Crippen LogP contribution in [0.4, 0.5) is 5.69 Å². The number of nitrogens with zero attached hydrogens (tertiary/aromatic N) is 2. The number of esters is 1. The second kappa shape index (κ2) is 9.35. The lowest BCUT2D eigenvalue weighted by Gasteiger charge is -2.26. The maximum Gasteiger partial charge on any atom is 0.338 e. The van der Waals surface area contributed by atoms with Crippen LogP contribution in [0, 0.1) is 0 Å². The Hall–Kier alpha value is -2.97. The van der Waals surface area contributed by atoms with E-state index in [-0.39, 0.29) is 21.7 Å². The van der Waals surface area contributed by atoms with Crippen molar-refractivity contribution in [2.24, 2.45) is 0 Å². The Morgan fingerprint density at radius 2 is 1.74 bits per heavy atom. The molecular weight excluding hydrogens is 452 g/mol. The zero-order valence-electron chi connectivity index (χ0n) is 19.8. The zero-order valence-corrected chi connectivity index (χ0v) is 20.6. The molecule has 2 aromatic carbocycles. The van der Waals surface area contributed by atoms with Crippen molar-refractivity contribution in [1.29, 1.82) is 0 Å². The molecule has 34 heavy (non-hydrogen) atoms. The van der Waals surface area contributed by atoms with E-state index >= 15 is 0 Å². The van der Waals surface area contributed by atoms with Gasteiger partial charge in [0.25, 0.3) is 0 Å².